The molecule has 0 fully saturated rings. The number of hydrogen-bond donors (Lipinski definition) is 1. The Labute approximate surface area is 93.9 Å². The first kappa shape index (κ1) is 10.5. The average Bonchev–Trinajstić information content (AvgIpc) is 2.28. The summed E-state index contributed by atoms with van der Waals surface area (Å²) in [5, 5.41) is 2.72. The second-order valence-electron chi connectivity index (χ2n) is 3.40. The molecule has 1 heterocycles. The smallest absolute Gasteiger partial charge is 0.262 e. The number of ether oxygens (including phenoxy) is 2. The van der Waals surface area contributed by atoms with Crippen molar-refractivity contribution in [2.24, 2.45) is 0 Å². The molecule has 1 aliphatic rings. The molecule has 0 spiro atoms. The zero-order valence-corrected chi connectivity index (χ0v) is 9.08. The predicted molar refractivity (Wildman–Crippen MR) is 61.2 cm³/mol. The van der Waals surface area contributed by atoms with Crippen molar-refractivity contribution in [1.82, 2.24) is 0 Å². The lowest BCUT2D eigenvalue weighted by Crippen LogP contribution is -2.25. The molecule has 1 aromatic rings. The number of anilines is 1. The zero-order valence-electron chi connectivity index (χ0n) is 9.08. The first-order valence-electron chi connectivity index (χ1n) is 5.09. The van der Waals surface area contributed by atoms with Crippen LogP contribution in [0.2, 0.25) is 0 Å². The van der Waals surface area contributed by atoms with E-state index in [4.69, 9.17) is 9.47 Å². The van der Waals surface area contributed by atoms with Crippen LogP contribution in [0.25, 0.3) is 5.76 Å². The molecule has 0 aromatic heterocycles. The molecule has 1 N–H and O–H groups in total. The van der Waals surface area contributed by atoms with Gasteiger partial charge in [0.15, 0.2) is 6.61 Å². The molecule has 4 nitrogen and oxygen atoms in total. The molecule has 0 aliphatic carbocycles. The van der Waals surface area contributed by atoms with E-state index in [2.05, 4.69) is 11.9 Å². The van der Waals surface area contributed by atoms with E-state index < -0.39 is 0 Å². The molecule has 1 aliphatic heterocycles. The largest absolute Gasteiger partial charge is 0.494 e. The number of nitrogens with one attached hydrogen (secondary N) is 1. The van der Waals surface area contributed by atoms with Crippen molar-refractivity contribution in [3.8, 4) is 5.75 Å². The lowest BCUT2D eigenvalue weighted by Gasteiger charge is -2.18. The fraction of sp³-hybridized carbons (Fsp3) is 0.250. The normalized spacial score (nSPS) is 13.4. The van der Waals surface area contributed by atoms with Gasteiger partial charge >= 0.3 is 0 Å². The van der Waals surface area contributed by atoms with Gasteiger partial charge in [0, 0.05) is 5.56 Å². The summed E-state index contributed by atoms with van der Waals surface area (Å²) in [6.07, 6.45) is 0. The Bertz CT molecular complexity index is 440. The Kier molecular flexibility index (Phi) is 2.81. The van der Waals surface area contributed by atoms with E-state index in [0.717, 1.165) is 5.56 Å². The maximum atomic E-state index is 11.1. The maximum Gasteiger partial charge on any atom is 0.262 e. The number of hydrogen-bond acceptors (Lipinski definition) is 3. The van der Waals surface area contributed by atoms with Gasteiger partial charge in [-0.15, -0.1) is 0 Å². The van der Waals surface area contributed by atoms with Crippen molar-refractivity contribution in [3.05, 3.63) is 30.3 Å². The highest BCUT2D eigenvalue weighted by molar-refractivity contribution is 5.95. The summed E-state index contributed by atoms with van der Waals surface area (Å²) < 4.78 is 10.6. The van der Waals surface area contributed by atoms with Crippen LogP contribution in [-0.4, -0.2) is 19.1 Å². The van der Waals surface area contributed by atoms with Crippen molar-refractivity contribution >= 4 is 17.4 Å². The minimum absolute atomic E-state index is 0.0531. The van der Waals surface area contributed by atoms with E-state index >= 15 is 0 Å². The van der Waals surface area contributed by atoms with Crippen molar-refractivity contribution in [2.45, 2.75) is 6.92 Å². The Balaban J connectivity index is 2.26. The molecule has 0 saturated carbocycles. The van der Waals surface area contributed by atoms with Crippen LogP contribution in [0.1, 0.15) is 12.5 Å². The number of rotatable bonds is 3. The molecule has 0 radical (unpaired) electrons. The van der Waals surface area contributed by atoms with E-state index in [-0.39, 0.29) is 12.5 Å². The van der Waals surface area contributed by atoms with Gasteiger partial charge in [0.05, 0.1) is 12.3 Å². The molecule has 2 rings (SSSR count). The summed E-state index contributed by atoms with van der Waals surface area (Å²) in [5.41, 5.74) is 1.54. The van der Waals surface area contributed by atoms with Gasteiger partial charge in [-0.3, -0.25) is 4.79 Å². The van der Waals surface area contributed by atoms with Crippen LogP contribution < -0.4 is 10.1 Å². The average molecular weight is 219 g/mol. The van der Waals surface area contributed by atoms with Gasteiger partial charge in [-0.25, -0.2) is 0 Å². The van der Waals surface area contributed by atoms with E-state index in [9.17, 15) is 4.79 Å². The second kappa shape index (κ2) is 4.26. The highest BCUT2D eigenvalue weighted by atomic mass is 16.5. The van der Waals surface area contributed by atoms with Gasteiger partial charge in [0.2, 0.25) is 0 Å². The number of carbonyl (C=O) groups excluding carboxylic acids is 1. The number of fused-ring (bicyclic) bond motifs is 1. The summed E-state index contributed by atoms with van der Waals surface area (Å²) in [7, 11) is 0. The van der Waals surface area contributed by atoms with Gasteiger partial charge in [0.25, 0.3) is 5.91 Å². The fourth-order valence-electron chi connectivity index (χ4n) is 1.51. The number of benzene rings is 1. The molecule has 1 amide bonds. The van der Waals surface area contributed by atoms with Crippen LogP contribution in [0.4, 0.5) is 5.69 Å². The summed E-state index contributed by atoms with van der Waals surface area (Å²) >= 11 is 0. The quantitative estimate of drug-likeness (QED) is 0.791. The van der Waals surface area contributed by atoms with Crippen molar-refractivity contribution in [2.75, 3.05) is 18.5 Å². The Morgan fingerprint density at radius 2 is 2.44 bits per heavy atom. The van der Waals surface area contributed by atoms with E-state index in [0.29, 0.717) is 23.8 Å². The van der Waals surface area contributed by atoms with Crippen LogP contribution in [0.5, 0.6) is 5.75 Å². The van der Waals surface area contributed by atoms with Gasteiger partial charge in [-0.2, -0.15) is 0 Å². The molecule has 16 heavy (non-hydrogen) atoms. The summed E-state index contributed by atoms with van der Waals surface area (Å²) in [5.74, 6) is 1.12. The fourth-order valence-corrected chi connectivity index (χ4v) is 1.51. The Morgan fingerprint density at radius 3 is 3.19 bits per heavy atom. The molecule has 0 atom stereocenters. The molecule has 1 aromatic carbocycles. The second-order valence-corrected chi connectivity index (χ2v) is 3.40. The third-order valence-corrected chi connectivity index (χ3v) is 2.26. The molecule has 0 unspecified atom stereocenters. The van der Waals surface area contributed by atoms with E-state index in [1.54, 1.807) is 6.07 Å². The van der Waals surface area contributed by atoms with Gasteiger partial charge in [-0.05, 0) is 25.1 Å². The lowest BCUT2D eigenvalue weighted by atomic mass is 10.1. The predicted octanol–water partition coefficient (Wildman–Crippen LogP) is 2.02. The summed E-state index contributed by atoms with van der Waals surface area (Å²) in [4.78, 5) is 11.1. The standard InChI is InChI=1S/C12H13NO3/c1-3-15-8(2)9-4-5-10-11(6-9)16-7-12(14)13-10/h4-6H,2-3,7H2,1H3,(H,13,14). The van der Waals surface area contributed by atoms with E-state index in [1.165, 1.54) is 0 Å². The minimum atomic E-state index is -0.135. The Hall–Kier alpha value is -1.97. The highest BCUT2D eigenvalue weighted by Crippen LogP contribution is 2.30. The van der Waals surface area contributed by atoms with Crippen LogP contribution in [0.3, 0.4) is 0 Å². The van der Waals surface area contributed by atoms with Crippen LogP contribution in [0, 0.1) is 0 Å². The first-order valence-corrected chi connectivity index (χ1v) is 5.09. The van der Waals surface area contributed by atoms with Crippen LogP contribution in [0.15, 0.2) is 24.8 Å². The highest BCUT2D eigenvalue weighted by Gasteiger charge is 2.16. The molecule has 84 valence electrons. The molecular weight excluding hydrogens is 206 g/mol. The zero-order chi connectivity index (χ0) is 11.5. The summed E-state index contributed by atoms with van der Waals surface area (Å²) in [6, 6.07) is 5.44. The third kappa shape index (κ3) is 2.00. The molecule has 4 heteroatoms. The molecule has 0 saturated heterocycles. The van der Waals surface area contributed by atoms with Gasteiger partial charge in [0.1, 0.15) is 11.5 Å². The molecular formula is C12H13NO3. The van der Waals surface area contributed by atoms with Crippen molar-refractivity contribution in [1.29, 1.82) is 0 Å². The molecule has 0 bridgehead atoms. The SMILES string of the molecule is C=C(OCC)c1ccc2c(c1)OCC(=O)N2. The monoisotopic (exact) mass is 219 g/mol. The van der Waals surface area contributed by atoms with Gasteiger partial charge < -0.3 is 14.8 Å². The summed E-state index contributed by atoms with van der Waals surface area (Å²) in [6.45, 7) is 6.35. The van der Waals surface area contributed by atoms with Crippen LogP contribution >= 0.6 is 0 Å². The topological polar surface area (TPSA) is 47.6 Å². The lowest BCUT2D eigenvalue weighted by molar-refractivity contribution is -0.118. The first-order chi connectivity index (χ1) is 7.70. The van der Waals surface area contributed by atoms with E-state index in [1.807, 2.05) is 19.1 Å². The van der Waals surface area contributed by atoms with Crippen molar-refractivity contribution < 1.29 is 14.3 Å². The number of carbonyl (C=O) groups is 1. The number of amides is 1. The Morgan fingerprint density at radius 1 is 1.62 bits per heavy atom. The van der Waals surface area contributed by atoms with Crippen LogP contribution in [-0.2, 0) is 9.53 Å². The maximum absolute atomic E-state index is 11.1. The van der Waals surface area contributed by atoms with Crippen molar-refractivity contribution in [3.63, 3.8) is 0 Å². The van der Waals surface area contributed by atoms with Gasteiger partial charge in [-0.1, -0.05) is 6.58 Å². The third-order valence-electron chi connectivity index (χ3n) is 2.26. The minimum Gasteiger partial charge on any atom is -0.494 e.